The Morgan fingerprint density at radius 3 is 1.91 bits per heavy atom. The second-order valence-electron chi connectivity index (χ2n) is 7.33. The molecule has 1 N–H and O–H groups in total. The third-order valence-corrected chi connectivity index (χ3v) is 5.99. The van der Waals surface area contributed by atoms with E-state index in [2.05, 4.69) is 15.5 Å². The number of aromatic nitrogens is 1. The van der Waals surface area contributed by atoms with E-state index in [0.717, 1.165) is 28.0 Å². The summed E-state index contributed by atoms with van der Waals surface area (Å²) in [5, 5.41) is 8.78. The monoisotopic (exact) mass is 485 g/mol. The number of carbonyl (C=O) groups is 2. The van der Waals surface area contributed by atoms with Gasteiger partial charge in [-0.2, -0.15) is 0 Å². The number of esters is 1. The maximum absolute atomic E-state index is 12.9. The van der Waals surface area contributed by atoms with Crippen LogP contribution >= 0.6 is 11.3 Å². The van der Waals surface area contributed by atoms with Crippen LogP contribution in [0.25, 0.3) is 0 Å². The highest BCUT2D eigenvalue weighted by molar-refractivity contribution is 7.14. The lowest BCUT2D eigenvalue weighted by atomic mass is 9.80. The number of hydrogen-bond acceptors (Lipinski definition) is 7. The quantitative estimate of drug-likeness (QED) is 0.112. The number of oxime groups is 1. The Labute approximate surface area is 207 Å². The number of rotatable bonds is 10. The van der Waals surface area contributed by atoms with Crippen LogP contribution in [-0.4, -0.2) is 29.7 Å². The minimum absolute atomic E-state index is 0.103. The predicted octanol–water partition coefficient (Wildman–Crippen LogP) is 4.99. The van der Waals surface area contributed by atoms with E-state index in [0.29, 0.717) is 11.5 Å². The molecule has 0 atom stereocenters. The summed E-state index contributed by atoms with van der Waals surface area (Å²) in [6.07, 6.45) is 0.519. The van der Waals surface area contributed by atoms with Gasteiger partial charge in [-0.15, -0.1) is 11.3 Å². The zero-order chi connectivity index (χ0) is 24.5. The summed E-state index contributed by atoms with van der Waals surface area (Å²) in [6, 6.07) is 29.0. The molecule has 3 aromatic carbocycles. The van der Waals surface area contributed by atoms with Crippen LogP contribution in [0.3, 0.4) is 0 Å². The number of carbonyl (C=O) groups excluding carboxylic acids is 2. The smallest absolute Gasteiger partial charge is 0.362 e. The van der Waals surface area contributed by atoms with E-state index >= 15 is 0 Å². The van der Waals surface area contributed by atoms with Crippen molar-refractivity contribution in [2.45, 2.75) is 12.5 Å². The van der Waals surface area contributed by atoms with Gasteiger partial charge >= 0.3 is 5.97 Å². The molecular formula is C27H23N3O4S. The van der Waals surface area contributed by atoms with Gasteiger partial charge in [0.25, 0.3) is 0 Å². The summed E-state index contributed by atoms with van der Waals surface area (Å²) in [5.41, 5.74) is 1.44. The van der Waals surface area contributed by atoms with Gasteiger partial charge in [0.05, 0.1) is 6.61 Å². The number of anilines is 1. The first-order valence-electron chi connectivity index (χ1n) is 10.9. The van der Waals surface area contributed by atoms with Gasteiger partial charge < -0.3 is 14.9 Å². The molecule has 0 saturated heterocycles. The van der Waals surface area contributed by atoms with Crippen LogP contribution in [0, 0.1) is 0 Å². The third-order valence-electron chi connectivity index (χ3n) is 5.21. The summed E-state index contributed by atoms with van der Waals surface area (Å²) < 4.78 is 5.23. The van der Waals surface area contributed by atoms with Crippen molar-refractivity contribution in [3.05, 3.63) is 119 Å². The highest BCUT2D eigenvalue weighted by Crippen LogP contribution is 2.40. The van der Waals surface area contributed by atoms with Crippen molar-refractivity contribution in [2.24, 2.45) is 5.16 Å². The Morgan fingerprint density at radius 2 is 1.46 bits per heavy atom. The maximum Gasteiger partial charge on any atom is 0.362 e. The van der Waals surface area contributed by atoms with Crippen molar-refractivity contribution in [1.29, 1.82) is 0 Å². The van der Waals surface area contributed by atoms with Crippen molar-refractivity contribution >= 4 is 34.6 Å². The number of hydrogen-bond donors (Lipinski definition) is 1. The molecule has 0 saturated carbocycles. The SMILES string of the molecule is CCOC(=O)/C(=N\OC(c1ccccc1)(c1ccccc1)c1ccccc1)c1csc(NC=O)n1. The largest absolute Gasteiger partial charge is 0.461 e. The molecule has 176 valence electrons. The van der Waals surface area contributed by atoms with Gasteiger partial charge in [-0.25, -0.2) is 9.78 Å². The lowest BCUT2D eigenvalue weighted by Crippen LogP contribution is -2.32. The van der Waals surface area contributed by atoms with Gasteiger partial charge in [0.1, 0.15) is 5.69 Å². The average Bonchev–Trinajstić information content (AvgIpc) is 3.37. The second-order valence-corrected chi connectivity index (χ2v) is 8.19. The van der Waals surface area contributed by atoms with Gasteiger partial charge in [0, 0.05) is 22.1 Å². The van der Waals surface area contributed by atoms with Crippen LogP contribution < -0.4 is 5.32 Å². The molecule has 0 spiro atoms. The summed E-state index contributed by atoms with van der Waals surface area (Å²) >= 11 is 1.16. The van der Waals surface area contributed by atoms with Gasteiger partial charge in [0.2, 0.25) is 17.7 Å². The van der Waals surface area contributed by atoms with E-state index in [9.17, 15) is 9.59 Å². The number of nitrogens with zero attached hydrogens (tertiary/aromatic N) is 2. The minimum Gasteiger partial charge on any atom is -0.461 e. The third kappa shape index (κ3) is 5.12. The van der Waals surface area contributed by atoms with Crippen molar-refractivity contribution in [3.63, 3.8) is 0 Å². The molecule has 0 aliphatic rings. The van der Waals surface area contributed by atoms with Crippen molar-refractivity contribution < 1.29 is 19.2 Å². The summed E-state index contributed by atoms with van der Waals surface area (Å²) in [5.74, 6) is -0.682. The lowest BCUT2D eigenvalue weighted by molar-refractivity contribution is -0.135. The zero-order valence-corrected chi connectivity index (χ0v) is 19.8. The fraction of sp³-hybridized carbons (Fsp3) is 0.111. The second kappa shape index (κ2) is 11.2. The molecule has 1 aromatic heterocycles. The maximum atomic E-state index is 12.9. The van der Waals surface area contributed by atoms with Crippen molar-refractivity contribution in [2.75, 3.05) is 11.9 Å². The lowest BCUT2D eigenvalue weighted by Gasteiger charge is -2.33. The van der Waals surface area contributed by atoms with Crippen LogP contribution in [-0.2, 0) is 24.8 Å². The predicted molar refractivity (Wildman–Crippen MR) is 135 cm³/mol. The summed E-state index contributed by atoms with van der Waals surface area (Å²) in [7, 11) is 0. The number of amides is 1. The van der Waals surface area contributed by atoms with Gasteiger partial charge in [-0.3, -0.25) is 4.79 Å². The van der Waals surface area contributed by atoms with Crippen LogP contribution in [0.2, 0.25) is 0 Å². The van der Waals surface area contributed by atoms with E-state index in [1.165, 1.54) is 0 Å². The van der Waals surface area contributed by atoms with Gasteiger partial charge in [-0.1, -0.05) is 96.2 Å². The Hall–Kier alpha value is -4.30. The van der Waals surface area contributed by atoms with Crippen LogP contribution in [0.15, 0.2) is 102 Å². The van der Waals surface area contributed by atoms with Crippen molar-refractivity contribution in [3.8, 4) is 0 Å². The van der Waals surface area contributed by atoms with Crippen LogP contribution in [0.4, 0.5) is 5.13 Å². The molecule has 0 bridgehead atoms. The molecule has 8 heteroatoms. The molecule has 0 radical (unpaired) electrons. The van der Waals surface area contributed by atoms with Crippen LogP contribution in [0.1, 0.15) is 29.3 Å². The number of benzene rings is 3. The topological polar surface area (TPSA) is 89.9 Å². The van der Waals surface area contributed by atoms with Gasteiger partial charge in [0.15, 0.2) is 5.13 Å². The Kier molecular flexibility index (Phi) is 7.64. The number of thiazole rings is 1. The van der Waals surface area contributed by atoms with Gasteiger partial charge in [-0.05, 0) is 6.92 Å². The molecule has 4 rings (SSSR count). The molecule has 0 aliphatic carbocycles. The highest BCUT2D eigenvalue weighted by atomic mass is 32.1. The van der Waals surface area contributed by atoms with E-state index < -0.39 is 11.6 Å². The molecule has 0 aliphatic heterocycles. The molecule has 0 unspecified atom stereocenters. The minimum atomic E-state index is -1.17. The molecule has 4 aromatic rings. The Balaban J connectivity index is 1.91. The normalized spacial score (nSPS) is 11.5. The number of ether oxygens (including phenoxy) is 1. The first-order valence-corrected chi connectivity index (χ1v) is 11.8. The molecule has 35 heavy (non-hydrogen) atoms. The Bertz CT molecular complexity index is 1200. The van der Waals surface area contributed by atoms with Crippen LogP contribution in [0.5, 0.6) is 0 Å². The summed E-state index contributed by atoms with van der Waals surface area (Å²) in [4.78, 5) is 34.4. The average molecular weight is 486 g/mol. The number of nitrogens with one attached hydrogen (secondary N) is 1. The Morgan fingerprint density at radius 1 is 0.943 bits per heavy atom. The summed E-state index contributed by atoms with van der Waals surface area (Å²) in [6.45, 7) is 1.86. The molecule has 7 nitrogen and oxygen atoms in total. The fourth-order valence-corrected chi connectivity index (χ4v) is 4.33. The standard InChI is InChI=1S/C27H23N3O4S/c1-2-33-25(32)24(23-18-35-26(29-23)28-19-31)30-34-27(20-12-6-3-7-13-20,21-14-8-4-9-15-21)22-16-10-5-11-17-22/h3-19H,2H2,1H3,(H,28,29,31)/b30-24-. The van der Waals surface area contributed by atoms with E-state index in [4.69, 9.17) is 9.57 Å². The molecular weight excluding hydrogens is 462 g/mol. The fourth-order valence-electron chi connectivity index (χ4n) is 3.68. The molecule has 0 fully saturated rings. The first-order chi connectivity index (χ1) is 17.2. The van der Waals surface area contributed by atoms with Crippen molar-refractivity contribution in [1.82, 2.24) is 4.98 Å². The van der Waals surface area contributed by atoms with E-state index in [1.807, 2.05) is 91.0 Å². The van der Waals surface area contributed by atoms with E-state index in [1.54, 1.807) is 12.3 Å². The molecule has 1 heterocycles. The van der Waals surface area contributed by atoms with E-state index in [-0.39, 0.29) is 18.0 Å². The first kappa shape index (κ1) is 23.8. The zero-order valence-electron chi connectivity index (χ0n) is 19.0. The molecule has 1 amide bonds. The highest BCUT2D eigenvalue weighted by Gasteiger charge is 2.40.